The summed E-state index contributed by atoms with van der Waals surface area (Å²) in [6.07, 6.45) is 1.88. The fourth-order valence-electron chi connectivity index (χ4n) is 1.89. The van der Waals surface area contributed by atoms with Crippen molar-refractivity contribution in [2.24, 2.45) is 0 Å². The molecule has 0 amide bonds. The number of ether oxygens (including phenoxy) is 2. The average molecular weight is 296 g/mol. The second kappa shape index (κ2) is 10.3. The lowest BCUT2D eigenvalue weighted by molar-refractivity contribution is 0.190. The highest BCUT2D eigenvalue weighted by molar-refractivity contribution is 5.49. The van der Waals surface area contributed by atoms with E-state index in [9.17, 15) is 0 Å². The molecule has 21 heavy (non-hydrogen) atoms. The summed E-state index contributed by atoms with van der Waals surface area (Å²) in [5, 5.41) is 3.34. The number of aromatic nitrogens is 2. The van der Waals surface area contributed by atoms with Gasteiger partial charge in [0.05, 0.1) is 13.2 Å². The number of methoxy groups -OCH3 is 2. The zero-order valence-electron chi connectivity index (χ0n) is 13.7. The van der Waals surface area contributed by atoms with Gasteiger partial charge in [0.15, 0.2) is 0 Å². The Kier molecular flexibility index (Phi) is 8.69. The standard InChI is InChI=1S/C15H28N4O2/c1-5-7-16-14-12-15(18-13(6-2)17-14)19(8-10-20-3)9-11-21-4/h12H,5-11H2,1-4H3,(H,16,17,18). The first kappa shape index (κ1) is 17.7. The maximum Gasteiger partial charge on any atom is 0.134 e. The van der Waals surface area contributed by atoms with E-state index in [2.05, 4.69) is 34.0 Å². The van der Waals surface area contributed by atoms with E-state index in [1.165, 1.54) is 0 Å². The molecule has 0 aliphatic rings. The first-order chi connectivity index (χ1) is 10.2. The first-order valence-corrected chi connectivity index (χ1v) is 7.59. The normalized spacial score (nSPS) is 10.7. The Morgan fingerprint density at radius 3 is 2.29 bits per heavy atom. The quantitative estimate of drug-likeness (QED) is 0.673. The van der Waals surface area contributed by atoms with Crippen molar-refractivity contribution in [3.8, 4) is 0 Å². The van der Waals surface area contributed by atoms with Gasteiger partial charge in [-0.1, -0.05) is 13.8 Å². The van der Waals surface area contributed by atoms with Crippen LogP contribution in [0.5, 0.6) is 0 Å². The molecule has 0 radical (unpaired) electrons. The lowest BCUT2D eigenvalue weighted by Crippen LogP contribution is -2.31. The zero-order valence-corrected chi connectivity index (χ0v) is 13.7. The summed E-state index contributed by atoms with van der Waals surface area (Å²) in [7, 11) is 3.42. The minimum atomic E-state index is 0.660. The van der Waals surface area contributed by atoms with E-state index in [-0.39, 0.29) is 0 Å². The third-order valence-corrected chi connectivity index (χ3v) is 3.09. The number of anilines is 2. The molecule has 1 N–H and O–H groups in total. The number of hydrogen-bond donors (Lipinski definition) is 1. The molecule has 0 unspecified atom stereocenters. The summed E-state index contributed by atoms with van der Waals surface area (Å²) in [4.78, 5) is 11.3. The minimum absolute atomic E-state index is 0.660. The van der Waals surface area contributed by atoms with Crippen LogP contribution in [0.1, 0.15) is 26.1 Å². The van der Waals surface area contributed by atoms with Crippen molar-refractivity contribution < 1.29 is 9.47 Å². The lowest BCUT2D eigenvalue weighted by Gasteiger charge is -2.24. The van der Waals surface area contributed by atoms with Crippen LogP contribution in [-0.4, -0.2) is 57.0 Å². The fraction of sp³-hybridized carbons (Fsp3) is 0.733. The van der Waals surface area contributed by atoms with E-state index in [1.54, 1.807) is 14.2 Å². The molecule has 1 aromatic rings. The molecule has 0 spiro atoms. The number of rotatable bonds is 11. The maximum atomic E-state index is 5.18. The topological polar surface area (TPSA) is 59.5 Å². The molecule has 120 valence electrons. The Hall–Kier alpha value is -1.40. The molecule has 0 aliphatic carbocycles. The predicted octanol–water partition coefficient (Wildman–Crippen LogP) is 1.96. The van der Waals surface area contributed by atoms with Crippen molar-refractivity contribution in [2.45, 2.75) is 26.7 Å². The van der Waals surface area contributed by atoms with E-state index in [0.29, 0.717) is 13.2 Å². The molecule has 6 nitrogen and oxygen atoms in total. The van der Waals surface area contributed by atoms with E-state index in [0.717, 1.165) is 49.9 Å². The van der Waals surface area contributed by atoms with E-state index in [1.807, 2.05) is 6.07 Å². The predicted molar refractivity (Wildman–Crippen MR) is 86.2 cm³/mol. The van der Waals surface area contributed by atoms with Crippen LogP contribution in [0, 0.1) is 0 Å². The number of nitrogens with zero attached hydrogens (tertiary/aromatic N) is 3. The van der Waals surface area contributed by atoms with Gasteiger partial charge < -0.3 is 19.7 Å². The fourth-order valence-corrected chi connectivity index (χ4v) is 1.89. The van der Waals surface area contributed by atoms with Gasteiger partial charge >= 0.3 is 0 Å². The lowest BCUT2D eigenvalue weighted by atomic mass is 10.3. The molecule has 0 saturated heterocycles. The monoisotopic (exact) mass is 296 g/mol. The van der Waals surface area contributed by atoms with E-state index in [4.69, 9.17) is 9.47 Å². The van der Waals surface area contributed by atoms with Crippen LogP contribution in [-0.2, 0) is 15.9 Å². The summed E-state index contributed by atoms with van der Waals surface area (Å²) >= 11 is 0. The van der Waals surface area contributed by atoms with Crippen molar-refractivity contribution in [3.05, 3.63) is 11.9 Å². The third kappa shape index (κ3) is 6.27. The molecule has 0 aromatic carbocycles. The smallest absolute Gasteiger partial charge is 0.134 e. The Morgan fingerprint density at radius 2 is 1.76 bits per heavy atom. The number of aryl methyl sites for hydroxylation is 1. The van der Waals surface area contributed by atoms with Gasteiger partial charge in [0.1, 0.15) is 17.5 Å². The van der Waals surface area contributed by atoms with E-state index < -0.39 is 0 Å². The van der Waals surface area contributed by atoms with Crippen LogP contribution in [0.3, 0.4) is 0 Å². The second-order valence-corrected chi connectivity index (χ2v) is 4.78. The number of hydrogen-bond acceptors (Lipinski definition) is 6. The van der Waals surface area contributed by atoms with Crippen LogP contribution < -0.4 is 10.2 Å². The minimum Gasteiger partial charge on any atom is -0.383 e. The average Bonchev–Trinajstić information content (AvgIpc) is 2.52. The highest BCUT2D eigenvalue weighted by atomic mass is 16.5. The van der Waals surface area contributed by atoms with E-state index >= 15 is 0 Å². The number of nitrogens with one attached hydrogen (secondary N) is 1. The second-order valence-electron chi connectivity index (χ2n) is 4.78. The van der Waals surface area contributed by atoms with Gasteiger partial charge in [0.2, 0.25) is 0 Å². The van der Waals surface area contributed by atoms with Crippen LogP contribution in [0.25, 0.3) is 0 Å². The Bertz CT molecular complexity index is 393. The first-order valence-electron chi connectivity index (χ1n) is 7.59. The Morgan fingerprint density at radius 1 is 1.10 bits per heavy atom. The summed E-state index contributed by atoms with van der Waals surface area (Å²) in [6.45, 7) is 8.01. The van der Waals surface area contributed by atoms with Crippen LogP contribution in [0.2, 0.25) is 0 Å². The van der Waals surface area contributed by atoms with Gasteiger partial charge in [-0.2, -0.15) is 0 Å². The zero-order chi connectivity index (χ0) is 15.5. The third-order valence-electron chi connectivity index (χ3n) is 3.09. The molecule has 6 heteroatoms. The summed E-state index contributed by atoms with van der Waals surface area (Å²) < 4.78 is 10.4. The Balaban J connectivity index is 2.91. The molecule has 1 aromatic heterocycles. The van der Waals surface area contributed by atoms with Gasteiger partial charge in [0.25, 0.3) is 0 Å². The molecule has 0 fully saturated rings. The molecular formula is C15H28N4O2. The molecule has 0 saturated carbocycles. The molecule has 1 rings (SSSR count). The van der Waals surface area contributed by atoms with Gasteiger partial charge in [0, 0.05) is 46.3 Å². The largest absolute Gasteiger partial charge is 0.383 e. The summed E-state index contributed by atoms with van der Waals surface area (Å²) in [5.41, 5.74) is 0. The molecule has 0 atom stereocenters. The van der Waals surface area contributed by atoms with Gasteiger partial charge in [-0.25, -0.2) is 9.97 Å². The SMILES string of the molecule is CCCNc1cc(N(CCOC)CCOC)nc(CC)n1. The van der Waals surface area contributed by atoms with Crippen LogP contribution >= 0.6 is 0 Å². The van der Waals surface area contributed by atoms with Crippen molar-refractivity contribution in [3.63, 3.8) is 0 Å². The van der Waals surface area contributed by atoms with Crippen molar-refractivity contribution in [1.82, 2.24) is 9.97 Å². The van der Waals surface area contributed by atoms with Crippen molar-refractivity contribution in [1.29, 1.82) is 0 Å². The summed E-state index contributed by atoms with van der Waals surface area (Å²) in [5.74, 6) is 2.67. The summed E-state index contributed by atoms with van der Waals surface area (Å²) in [6, 6.07) is 2.00. The molecule has 1 heterocycles. The Labute approximate surface area is 127 Å². The van der Waals surface area contributed by atoms with Crippen LogP contribution in [0.15, 0.2) is 6.07 Å². The highest BCUT2D eigenvalue weighted by Gasteiger charge is 2.11. The van der Waals surface area contributed by atoms with Crippen LogP contribution in [0.4, 0.5) is 11.6 Å². The maximum absolute atomic E-state index is 5.18. The van der Waals surface area contributed by atoms with Gasteiger partial charge in [-0.15, -0.1) is 0 Å². The molecular weight excluding hydrogens is 268 g/mol. The highest BCUT2D eigenvalue weighted by Crippen LogP contribution is 2.16. The van der Waals surface area contributed by atoms with Gasteiger partial charge in [-0.3, -0.25) is 0 Å². The van der Waals surface area contributed by atoms with Crippen molar-refractivity contribution >= 4 is 11.6 Å². The van der Waals surface area contributed by atoms with Gasteiger partial charge in [-0.05, 0) is 6.42 Å². The van der Waals surface area contributed by atoms with Crippen molar-refractivity contribution in [2.75, 3.05) is 57.3 Å². The molecule has 0 aliphatic heterocycles. The molecule has 0 bridgehead atoms.